The molecule has 0 unspecified atom stereocenters. The number of halogens is 1. The molecule has 32 heavy (non-hydrogen) atoms. The highest BCUT2D eigenvalue weighted by Crippen LogP contribution is 2.33. The Hall–Kier alpha value is -1.56. The topological polar surface area (TPSA) is 62.9 Å². The van der Waals surface area contributed by atoms with Gasteiger partial charge in [0.15, 0.2) is 5.43 Å². The Labute approximate surface area is 197 Å². The molecule has 178 valence electrons. The Morgan fingerprint density at radius 3 is 2.50 bits per heavy atom. The zero-order valence-electron chi connectivity index (χ0n) is 19.1. The highest BCUT2D eigenvalue weighted by Gasteiger charge is 2.19. The lowest BCUT2D eigenvalue weighted by molar-refractivity contribution is 0.0817. The van der Waals surface area contributed by atoms with Crippen molar-refractivity contribution in [3.8, 4) is 5.75 Å². The van der Waals surface area contributed by atoms with Crippen LogP contribution in [-0.2, 0) is 0 Å². The minimum Gasteiger partial charge on any atom is -0.494 e. The molecule has 1 N–H and O–H groups in total. The second kappa shape index (κ2) is 12.6. The van der Waals surface area contributed by atoms with Crippen LogP contribution in [0.1, 0.15) is 82.3 Å². The van der Waals surface area contributed by atoms with Gasteiger partial charge in [-0.3, -0.25) is 4.79 Å². The third kappa shape index (κ3) is 6.97. The molecule has 1 saturated carbocycles. The molecule has 0 amide bonds. The highest BCUT2D eigenvalue weighted by molar-refractivity contribution is 5.85. The SMILES string of the molecule is Cl.O=c1cc(C2CCCCC2)oc2ccc(OCCCCCCN3CCC(O)CC3)cc12. The van der Waals surface area contributed by atoms with Crippen molar-refractivity contribution in [2.75, 3.05) is 26.2 Å². The molecule has 5 nitrogen and oxygen atoms in total. The van der Waals surface area contributed by atoms with Crippen LogP contribution in [0.15, 0.2) is 33.5 Å². The largest absolute Gasteiger partial charge is 0.494 e. The van der Waals surface area contributed by atoms with E-state index < -0.39 is 0 Å². The molecular formula is C26H38ClNO4. The number of unbranched alkanes of at least 4 members (excludes halogenated alkanes) is 3. The Kier molecular flexibility index (Phi) is 9.89. The number of likely N-dealkylation sites (tertiary alicyclic amines) is 1. The van der Waals surface area contributed by atoms with Gasteiger partial charge in [0.1, 0.15) is 17.1 Å². The fourth-order valence-electron chi connectivity index (χ4n) is 4.96. The Balaban J connectivity index is 0.00000289. The average Bonchev–Trinajstić information content (AvgIpc) is 2.80. The number of nitrogens with zero attached hydrogens (tertiary/aromatic N) is 1. The minimum absolute atomic E-state index is 0. The van der Waals surface area contributed by atoms with E-state index in [0.717, 1.165) is 69.7 Å². The zero-order valence-corrected chi connectivity index (χ0v) is 19.9. The van der Waals surface area contributed by atoms with Crippen LogP contribution in [0.2, 0.25) is 0 Å². The summed E-state index contributed by atoms with van der Waals surface area (Å²) in [6.07, 6.45) is 12.3. The van der Waals surface area contributed by atoms with E-state index in [1.54, 1.807) is 6.07 Å². The number of piperidine rings is 1. The van der Waals surface area contributed by atoms with E-state index >= 15 is 0 Å². The first kappa shape index (κ1) is 25.1. The van der Waals surface area contributed by atoms with Gasteiger partial charge >= 0.3 is 0 Å². The average molecular weight is 464 g/mol. The maximum atomic E-state index is 12.7. The summed E-state index contributed by atoms with van der Waals surface area (Å²) in [6, 6.07) is 7.33. The monoisotopic (exact) mass is 463 g/mol. The summed E-state index contributed by atoms with van der Waals surface area (Å²) in [5.74, 6) is 1.99. The standard InChI is InChI=1S/C26H37NO4.ClH/c28-21-12-15-27(16-13-21)14-6-1-2-7-17-30-22-10-11-25-23(18-22)24(29)19-26(31-25)20-8-4-3-5-9-20;/h10-11,18-21,28H,1-9,12-17H2;1H. The Morgan fingerprint density at radius 2 is 1.72 bits per heavy atom. The van der Waals surface area contributed by atoms with E-state index in [1.807, 2.05) is 18.2 Å². The van der Waals surface area contributed by atoms with Gasteiger partial charge in [-0.2, -0.15) is 0 Å². The van der Waals surface area contributed by atoms with E-state index in [1.165, 1.54) is 32.1 Å². The lowest BCUT2D eigenvalue weighted by Gasteiger charge is -2.29. The summed E-state index contributed by atoms with van der Waals surface area (Å²) in [7, 11) is 0. The van der Waals surface area contributed by atoms with Crippen molar-refractivity contribution in [1.82, 2.24) is 4.90 Å². The van der Waals surface area contributed by atoms with Crippen molar-refractivity contribution >= 4 is 23.4 Å². The molecule has 1 aromatic heterocycles. The molecular weight excluding hydrogens is 426 g/mol. The molecule has 2 fully saturated rings. The number of benzene rings is 1. The fraction of sp³-hybridized carbons (Fsp3) is 0.654. The van der Waals surface area contributed by atoms with Crippen molar-refractivity contribution in [2.45, 2.75) is 82.7 Å². The molecule has 2 aromatic rings. The number of aliphatic hydroxyl groups is 1. The van der Waals surface area contributed by atoms with Crippen LogP contribution >= 0.6 is 12.4 Å². The van der Waals surface area contributed by atoms with Crippen LogP contribution in [0.25, 0.3) is 11.0 Å². The number of ether oxygens (including phenoxy) is 1. The third-order valence-electron chi connectivity index (χ3n) is 6.92. The molecule has 2 aliphatic rings. The highest BCUT2D eigenvalue weighted by atomic mass is 35.5. The number of rotatable bonds is 9. The van der Waals surface area contributed by atoms with Gasteiger partial charge in [0, 0.05) is 25.1 Å². The molecule has 0 atom stereocenters. The predicted molar refractivity (Wildman–Crippen MR) is 131 cm³/mol. The number of fused-ring (bicyclic) bond motifs is 1. The summed E-state index contributed by atoms with van der Waals surface area (Å²) >= 11 is 0. The van der Waals surface area contributed by atoms with Crippen LogP contribution in [0.5, 0.6) is 5.75 Å². The van der Waals surface area contributed by atoms with E-state index in [4.69, 9.17) is 9.15 Å². The minimum atomic E-state index is -0.0891. The van der Waals surface area contributed by atoms with Gasteiger partial charge in [-0.1, -0.05) is 32.1 Å². The van der Waals surface area contributed by atoms with Crippen LogP contribution < -0.4 is 10.2 Å². The summed E-state index contributed by atoms with van der Waals surface area (Å²) in [6.45, 7) is 3.87. The summed E-state index contributed by atoms with van der Waals surface area (Å²) in [5.41, 5.74) is 0.711. The number of hydrogen-bond acceptors (Lipinski definition) is 5. The maximum Gasteiger partial charge on any atom is 0.193 e. The van der Waals surface area contributed by atoms with E-state index in [2.05, 4.69) is 4.90 Å². The summed E-state index contributed by atoms with van der Waals surface area (Å²) < 4.78 is 12.0. The van der Waals surface area contributed by atoms with Crippen LogP contribution in [0, 0.1) is 0 Å². The first-order chi connectivity index (χ1) is 15.2. The van der Waals surface area contributed by atoms with Crippen LogP contribution in [0.3, 0.4) is 0 Å². The van der Waals surface area contributed by atoms with Gasteiger partial charge in [-0.25, -0.2) is 0 Å². The molecule has 1 saturated heterocycles. The first-order valence-corrected chi connectivity index (χ1v) is 12.3. The van der Waals surface area contributed by atoms with E-state index in [-0.39, 0.29) is 23.9 Å². The molecule has 0 radical (unpaired) electrons. The first-order valence-electron chi connectivity index (χ1n) is 12.3. The van der Waals surface area contributed by atoms with Crippen LogP contribution in [0.4, 0.5) is 0 Å². The van der Waals surface area contributed by atoms with Gasteiger partial charge in [-0.15, -0.1) is 12.4 Å². The molecule has 4 rings (SSSR count). The van der Waals surface area contributed by atoms with Gasteiger partial charge in [0.25, 0.3) is 0 Å². The quantitative estimate of drug-likeness (QED) is 0.486. The van der Waals surface area contributed by atoms with Gasteiger partial charge in [0.2, 0.25) is 0 Å². The molecule has 6 heteroatoms. The van der Waals surface area contributed by atoms with Crippen LogP contribution in [-0.4, -0.2) is 42.4 Å². The smallest absolute Gasteiger partial charge is 0.193 e. The fourth-order valence-corrected chi connectivity index (χ4v) is 4.96. The summed E-state index contributed by atoms with van der Waals surface area (Å²) in [4.78, 5) is 15.1. The molecule has 0 bridgehead atoms. The second-order valence-corrected chi connectivity index (χ2v) is 9.34. The molecule has 2 heterocycles. The zero-order chi connectivity index (χ0) is 21.5. The van der Waals surface area contributed by atoms with Crippen molar-refractivity contribution in [3.63, 3.8) is 0 Å². The predicted octanol–water partition coefficient (Wildman–Crippen LogP) is 5.66. The molecule has 1 aliphatic heterocycles. The van der Waals surface area contributed by atoms with Gasteiger partial charge in [0.05, 0.1) is 18.1 Å². The van der Waals surface area contributed by atoms with Crippen molar-refractivity contribution < 1.29 is 14.3 Å². The third-order valence-corrected chi connectivity index (χ3v) is 6.92. The second-order valence-electron chi connectivity index (χ2n) is 9.34. The lowest BCUT2D eigenvalue weighted by atomic mass is 9.87. The van der Waals surface area contributed by atoms with Crippen molar-refractivity contribution in [1.29, 1.82) is 0 Å². The lowest BCUT2D eigenvalue weighted by Crippen LogP contribution is -2.36. The van der Waals surface area contributed by atoms with Gasteiger partial charge < -0.3 is 19.2 Å². The number of aliphatic hydroxyl groups excluding tert-OH is 1. The van der Waals surface area contributed by atoms with Crippen molar-refractivity contribution in [2.24, 2.45) is 0 Å². The normalized spacial score (nSPS) is 18.5. The maximum absolute atomic E-state index is 12.7. The molecule has 1 aromatic carbocycles. The Morgan fingerprint density at radius 1 is 0.969 bits per heavy atom. The van der Waals surface area contributed by atoms with E-state index in [0.29, 0.717) is 23.5 Å². The molecule has 0 spiro atoms. The number of hydrogen-bond donors (Lipinski definition) is 1. The molecule has 1 aliphatic carbocycles. The van der Waals surface area contributed by atoms with E-state index in [9.17, 15) is 9.90 Å². The summed E-state index contributed by atoms with van der Waals surface area (Å²) in [5, 5.41) is 10.2. The van der Waals surface area contributed by atoms with Crippen molar-refractivity contribution in [3.05, 3.63) is 40.2 Å². The van der Waals surface area contributed by atoms with Gasteiger partial charge in [-0.05, 0) is 63.3 Å². The Bertz CT molecular complexity index is 885.